The minimum absolute atomic E-state index is 0.170. The Bertz CT molecular complexity index is 1180. The van der Waals surface area contributed by atoms with Crippen LogP contribution in [0.3, 0.4) is 0 Å². The topological polar surface area (TPSA) is 98.3 Å². The number of carbonyl (C=O) groups is 1. The molecule has 3 N–H and O–H groups in total. The number of nitrogens with zero attached hydrogens (tertiary/aromatic N) is 4. The van der Waals surface area contributed by atoms with E-state index in [0.29, 0.717) is 30.2 Å². The average molecular weight is 456 g/mol. The van der Waals surface area contributed by atoms with Gasteiger partial charge in [-0.05, 0) is 31.2 Å². The summed E-state index contributed by atoms with van der Waals surface area (Å²) in [6.45, 7) is 3.63. The molecule has 0 spiro atoms. The third kappa shape index (κ3) is 4.10. The van der Waals surface area contributed by atoms with E-state index in [4.69, 9.17) is 10.5 Å². The molecule has 3 aromatic heterocycles. The predicted molar refractivity (Wildman–Crippen MR) is 120 cm³/mol. The number of aryl methyl sites for hydroxylation is 1. The van der Waals surface area contributed by atoms with Gasteiger partial charge in [-0.1, -0.05) is 0 Å². The van der Waals surface area contributed by atoms with E-state index >= 15 is 0 Å². The maximum atomic E-state index is 13.1. The molecule has 10 heteroatoms. The Morgan fingerprint density at radius 3 is 2.94 bits per heavy atom. The molecule has 1 amide bonds. The number of anilines is 1. The number of carbonyl (C=O) groups excluding carboxylic acids is 1. The first-order chi connectivity index (χ1) is 15.9. The van der Waals surface area contributed by atoms with Gasteiger partial charge in [-0.15, -0.1) is 0 Å². The summed E-state index contributed by atoms with van der Waals surface area (Å²) in [5.41, 5.74) is 8.08. The molecule has 8 nitrogen and oxygen atoms in total. The second-order valence-corrected chi connectivity index (χ2v) is 8.62. The van der Waals surface area contributed by atoms with Crippen LogP contribution >= 0.6 is 0 Å². The molecule has 0 unspecified atom stereocenters. The second kappa shape index (κ2) is 8.58. The number of aromatic nitrogens is 3. The fraction of sp³-hybridized carbons (Fsp3) is 0.435. The van der Waals surface area contributed by atoms with E-state index < -0.39 is 18.4 Å². The van der Waals surface area contributed by atoms with Gasteiger partial charge in [-0.2, -0.15) is 4.98 Å². The number of hydrogen-bond donors (Lipinski definition) is 2. The molecular formula is C23H26F2N6O2. The minimum Gasteiger partial charge on any atom is -0.475 e. The minimum atomic E-state index is -2.45. The van der Waals surface area contributed by atoms with Crippen LogP contribution in [-0.2, 0) is 13.0 Å². The molecule has 1 saturated heterocycles. The van der Waals surface area contributed by atoms with Gasteiger partial charge >= 0.3 is 0 Å². The number of fused-ring (bicyclic) bond motifs is 2. The van der Waals surface area contributed by atoms with Crippen LogP contribution in [0.1, 0.15) is 22.8 Å². The van der Waals surface area contributed by atoms with Crippen LogP contribution in [0.25, 0.3) is 11.0 Å². The molecule has 0 aliphatic carbocycles. The zero-order valence-corrected chi connectivity index (χ0v) is 18.2. The van der Waals surface area contributed by atoms with Crippen molar-refractivity contribution in [3.05, 3.63) is 47.8 Å². The maximum absolute atomic E-state index is 13.1. The summed E-state index contributed by atoms with van der Waals surface area (Å²) in [4.78, 5) is 23.5. The summed E-state index contributed by atoms with van der Waals surface area (Å²) >= 11 is 0. The molecule has 0 saturated carbocycles. The molecule has 0 aromatic carbocycles. The Morgan fingerprint density at radius 1 is 1.33 bits per heavy atom. The molecular weight excluding hydrogens is 430 g/mol. The summed E-state index contributed by atoms with van der Waals surface area (Å²) in [6.07, 6.45) is 1.65. The van der Waals surface area contributed by atoms with Crippen LogP contribution in [0.4, 0.5) is 14.6 Å². The van der Waals surface area contributed by atoms with Crippen molar-refractivity contribution in [1.29, 1.82) is 0 Å². The average Bonchev–Trinajstić information content (AvgIpc) is 3.41. The van der Waals surface area contributed by atoms with Crippen molar-refractivity contribution in [2.24, 2.45) is 11.7 Å². The fourth-order valence-electron chi connectivity index (χ4n) is 4.55. The Kier molecular flexibility index (Phi) is 5.61. The first-order valence-electron chi connectivity index (χ1n) is 11.1. The highest BCUT2D eigenvalue weighted by molar-refractivity contribution is 5.97. The fourth-order valence-corrected chi connectivity index (χ4v) is 4.55. The maximum Gasteiger partial charge on any atom is 0.253 e. The van der Waals surface area contributed by atoms with Gasteiger partial charge in [-0.25, -0.2) is 13.8 Å². The summed E-state index contributed by atoms with van der Waals surface area (Å²) in [5.74, 6) is -0.0266. The lowest BCUT2D eigenvalue weighted by Crippen LogP contribution is -2.43. The summed E-state index contributed by atoms with van der Waals surface area (Å²) in [6, 6.07) is 6.65. The highest BCUT2D eigenvalue weighted by Gasteiger charge is 2.37. The zero-order chi connectivity index (χ0) is 23.1. The number of ether oxygens (including phenoxy) is 1. The third-order valence-electron chi connectivity index (χ3n) is 6.41. The van der Waals surface area contributed by atoms with Crippen LogP contribution in [0.15, 0.2) is 36.7 Å². The Hall–Kier alpha value is -3.27. The van der Waals surface area contributed by atoms with Gasteiger partial charge in [0.15, 0.2) is 0 Å². The third-order valence-corrected chi connectivity index (χ3v) is 6.41. The van der Waals surface area contributed by atoms with Crippen molar-refractivity contribution in [3.63, 3.8) is 0 Å². The van der Waals surface area contributed by atoms with E-state index in [1.807, 2.05) is 35.9 Å². The molecule has 3 aromatic rings. The van der Waals surface area contributed by atoms with E-state index in [1.165, 1.54) is 0 Å². The molecule has 0 bridgehead atoms. The first-order valence-corrected chi connectivity index (χ1v) is 11.1. The van der Waals surface area contributed by atoms with Crippen molar-refractivity contribution < 1.29 is 18.3 Å². The first kappa shape index (κ1) is 21.6. The van der Waals surface area contributed by atoms with Crippen molar-refractivity contribution in [2.45, 2.75) is 38.4 Å². The number of amides is 1. The van der Waals surface area contributed by atoms with Gasteiger partial charge in [0, 0.05) is 55.4 Å². The van der Waals surface area contributed by atoms with Gasteiger partial charge in [0.1, 0.15) is 18.1 Å². The standard InChI is InChI=1S/C23H26F2N6O2/c1-2-30-6-5-13-7-15(9-27-21(13)30)22(32)28-16-8-14-3-4-19(29-23(14)33-12-16)31-10-17(20(24)25)18(26)11-31/h3-7,9,16-18,20H,2,8,10-12,26H2,1H3,(H,28,32)/t16-,17+,18+/m1/s1. The van der Waals surface area contributed by atoms with Crippen LogP contribution in [-0.4, -0.2) is 58.6 Å². The lowest BCUT2D eigenvalue weighted by molar-refractivity contribution is 0.0804. The van der Waals surface area contributed by atoms with Crippen molar-refractivity contribution in [2.75, 3.05) is 24.6 Å². The number of halogens is 2. The molecule has 2 aliphatic heterocycles. The molecule has 2 aliphatic rings. The van der Waals surface area contributed by atoms with Gasteiger partial charge < -0.3 is 25.3 Å². The van der Waals surface area contributed by atoms with Gasteiger partial charge in [0.2, 0.25) is 12.3 Å². The van der Waals surface area contributed by atoms with E-state index in [9.17, 15) is 13.6 Å². The quantitative estimate of drug-likeness (QED) is 0.611. The smallest absolute Gasteiger partial charge is 0.253 e. The van der Waals surface area contributed by atoms with Crippen LogP contribution in [0.2, 0.25) is 0 Å². The summed E-state index contributed by atoms with van der Waals surface area (Å²) in [7, 11) is 0. The number of hydrogen-bond acceptors (Lipinski definition) is 6. The highest BCUT2D eigenvalue weighted by Crippen LogP contribution is 2.30. The lowest BCUT2D eigenvalue weighted by atomic mass is 10.0. The summed E-state index contributed by atoms with van der Waals surface area (Å²) in [5, 5.41) is 3.93. The van der Waals surface area contributed by atoms with E-state index in [1.54, 1.807) is 17.2 Å². The van der Waals surface area contributed by atoms with E-state index in [2.05, 4.69) is 15.3 Å². The summed E-state index contributed by atoms with van der Waals surface area (Å²) < 4.78 is 34.1. The number of nitrogens with one attached hydrogen (secondary N) is 1. The van der Waals surface area contributed by atoms with Gasteiger partial charge in [0.25, 0.3) is 5.91 Å². The monoisotopic (exact) mass is 456 g/mol. The van der Waals surface area contributed by atoms with Crippen molar-refractivity contribution in [1.82, 2.24) is 19.9 Å². The molecule has 5 rings (SSSR count). The molecule has 0 radical (unpaired) electrons. The Balaban J connectivity index is 1.25. The Morgan fingerprint density at radius 2 is 2.18 bits per heavy atom. The van der Waals surface area contributed by atoms with E-state index in [0.717, 1.165) is 23.1 Å². The number of rotatable bonds is 5. The van der Waals surface area contributed by atoms with Crippen LogP contribution < -0.4 is 20.7 Å². The number of nitrogens with two attached hydrogens (primary N) is 1. The Labute approximate surface area is 189 Å². The molecule has 5 heterocycles. The van der Waals surface area contributed by atoms with Gasteiger partial charge in [-0.3, -0.25) is 4.79 Å². The van der Waals surface area contributed by atoms with Crippen molar-refractivity contribution >= 4 is 22.8 Å². The predicted octanol–water partition coefficient (Wildman–Crippen LogP) is 2.21. The normalized spacial score (nSPS) is 22.5. The van der Waals surface area contributed by atoms with Crippen LogP contribution in [0, 0.1) is 5.92 Å². The molecule has 33 heavy (non-hydrogen) atoms. The molecule has 174 valence electrons. The van der Waals surface area contributed by atoms with Crippen molar-refractivity contribution in [3.8, 4) is 5.88 Å². The SMILES string of the molecule is CCn1ccc2cc(C(=O)N[C@H]3COc4nc(N5C[C@H](C(F)F)[C@@H](N)C5)ccc4C3)cnc21. The largest absolute Gasteiger partial charge is 0.475 e. The van der Waals surface area contributed by atoms with Crippen LogP contribution in [0.5, 0.6) is 5.88 Å². The second-order valence-electron chi connectivity index (χ2n) is 8.62. The van der Waals surface area contributed by atoms with E-state index in [-0.39, 0.29) is 25.1 Å². The molecule has 1 fully saturated rings. The number of pyridine rings is 2. The van der Waals surface area contributed by atoms with Gasteiger partial charge in [0.05, 0.1) is 17.5 Å². The lowest BCUT2D eigenvalue weighted by Gasteiger charge is -2.27. The number of alkyl halides is 2. The highest BCUT2D eigenvalue weighted by atomic mass is 19.3. The zero-order valence-electron chi connectivity index (χ0n) is 18.2. The molecule has 3 atom stereocenters.